The Morgan fingerprint density at radius 2 is 1.69 bits per heavy atom. The van der Waals surface area contributed by atoms with Crippen molar-refractivity contribution in [2.75, 3.05) is 6.54 Å². The van der Waals surface area contributed by atoms with Gasteiger partial charge < -0.3 is 9.64 Å². The fourth-order valence-corrected chi connectivity index (χ4v) is 4.20. The lowest BCUT2D eigenvalue weighted by atomic mass is 9.98. The van der Waals surface area contributed by atoms with Crippen LogP contribution in [0.25, 0.3) is 11.1 Å². The van der Waals surface area contributed by atoms with Gasteiger partial charge in [0.25, 0.3) is 0 Å². The highest BCUT2D eigenvalue weighted by Gasteiger charge is 2.30. The van der Waals surface area contributed by atoms with Crippen molar-refractivity contribution in [2.45, 2.75) is 39.4 Å². The second-order valence-electron chi connectivity index (χ2n) is 9.10. The van der Waals surface area contributed by atoms with Gasteiger partial charge in [-0.3, -0.25) is 4.79 Å². The van der Waals surface area contributed by atoms with E-state index in [1.165, 1.54) is 12.1 Å². The number of ether oxygens (including phenoxy) is 1. The summed E-state index contributed by atoms with van der Waals surface area (Å²) >= 11 is 0. The topological polar surface area (TPSA) is 46.6 Å². The summed E-state index contributed by atoms with van der Waals surface area (Å²) < 4.78 is 44.4. The quantitative estimate of drug-likeness (QED) is 0.308. The van der Waals surface area contributed by atoms with Gasteiger partial charge in [0, 0.05) is 19.5 Å². The van der Waals surface area contributed by atoms with Crippen LogP contribution in [0, 0.1) is 5.92 Å². The van der Waals surface area contributed by atoms with Crippen LogP contribution in [0.15, 0.2) is 66.7 Å². The number of hydrogen-bond donors (Lipinski definition) is 0. The van der Waals surface area contributed by atoms with E-state index in [9.17, 15) is 22.8 Å². The first-order chi connectivity index (χ1) is 16.6. The van der Waals surface area contributed by atoms with Crippen LogP contribution in [-0.2, 0) is 23.9 Å². The molecule has 1 aliphatic heterocycles. The van der Waals surface area contributed by atoms with Gasteiger partial charge in [-0.1, -0.05) is 50.2 Å². The van der Waals surface area contributed by atoms with Gasteiger partial charge >= 0.3 is 12.1 Å². The van der Waals surface area contributed by atoms with Crippen LogP contribution in [0.2, 0.25) is 0 Å². The summed E-state index contributed by atoms with van der Waals surface area (Å²) in [6.45, 7) is 5.19. The van der Waals surface area contributed by atoms with Gasteiger partial charge in [-0.15, -0.1) is 0 Å². The molecule has 0 fully saturated rings. The van der Waals surface area contributed by atoms with Crippen LogP contribution in [0.4, 0.5) is 13.2 Å². The van der Waals surface area contributed by atoms with E-state index in [1.807, 2.05) is 30.9 Å². The third-order valence-corrected chi connectivity index (χ3v) is 6.01. The number of esters is 1. The zero-order valence-corrected chi connectivity index (χ0v) is 19.6. The molecule has 0 unspecified atom stereocenters. The molecule has 0 atom stereocenters. The standard InChI is InChI=1S/C28H26F3NO3/c1-18(2)15-26(33)32-14-13-20-16-23(12-9-21(20)17-32)35-27(34)25-6-4-3-5-24(25)19-7-10-22(11-8-19)28(29,30)31/h3-12,16,18H,13-15,17H2,1-2H3. The maximum Gasteiger partial charge on any atom is 0.416 e. The second-order valence-corrected chi connectivity index (χ2v) is 9.10. The highest BCUT2D eigenvalue weighted by atomic mass is 19.4. The van der Waals surface area contributed by atoms with Gasteiger partial charge in [0.15, 0.2) is 0 Å². The maximum atomic E-state index is 13.0. The van der Waals surface area contributed by atoms with Gasteiger partial charge in [0.1, 0.15) is 5.75 Å². The molecule has 0 saturated heterocycles. The lowest BCUT2D eigenvalue weighted by molar-refractivity contribution is -0.137. The number of carbonyl (C=O) groups excluding carboxylic acids is 2. The Morgan fingerprint density at radius 1 is 0.971 bits per heavy atom. The van der Waals surface area contributed by atoms with Crippen LogP contribution >= 0.6 is 0 Å². The molecule has 35 heavy (non-hydrogen) atoms. The van der Waals surface area contributed by atoms with Gasteiger partial charge in [-0.05, 0) is 64.9 Å². The Kier molecular flexibility index (Phi) is 6.96. The number of halogens is 3. The number of carbonyl (C=O) groups is 2. The van der Waals surface area contributed by atoms with Crippen molar-refractivity contribution in [1.29, 1.82) is 0 Å². The summed E-state index contributed by atoms with van der Waals surface area (Å²) in [4.78, 5) is 27.3. The van der Waals surface area contributed by atoms with Crippen LogP contribution in [0.3, 0.4) is 0 Å². The predicted octanol–water partition coefficient (Wildman–Crippen LogP) is 6.52. The van der Waals surface area contributed by atoms with E-state index in [-0.39, 0.29) is 11.5 Å². The number of amides is 1. The zero-order valence-electron chi connectivity index (χ0n) is 19.6. The van der Waals surface area contributed by atoms with Crippen LogP contribution < -0.4 is 4.74 Å². The van der Waals surface area contributed by atoms with Crippen molar-refractivity contribution in [3.63, 3.8) is 0 Å². The van der Waals surface area contributed by atoms with E-state index >= 15 is 0 Å². The molecule has 182 valence electrons. The third-order valence-electron chi connectivity index (χ3n) is 6.01. The third kappa shape index (κ3) is 5.73. The molecule has 4 rings (SSSR count). The lowest BCUT2D eigenvalue weighted by Crippen LogP contribution is -2.36. The number of nitrogens with zero attached hydrogens (tertiary/aromatic N) is 1. The number of rotatable bonds is 5. The average Bonchev–Trinajstić information content (AvgIpc) is 2.83. The number of fused-ring (bicyclic) bond motifs is 1. The molecule has 1 amide bonds. The lowest BCUT2D eigenvalue weighted by Gasteiger charge is -2.29. The molecule has 3 aromatic carbocycles. The number of alkyl halides is 3. The van der Waals surface area contributed by atoms with Crippen molar-refractivity contribution in [2.24, 2.45) is 5.92 Å². The van der Waals surface area contributed by atoms with Crippen molar-refractivity contribution in [3.05, 3.63) is 89.0 Å². The minimum absolute atomic E-state index is 0.140. The minimum atomic E-state index is -4.43. The van der Waals surface area contributed by atoms with Gasteiger partial charge in [0.2, 0.25) is 5.91 Å². The molecule has 0 bridgehead atoms. The fourth-order valence-electron chi connectivity index (χ4n) is 4.20. The average molecular weight is 482 g/mol. The smallest absolute Gasteiger partial charge is 0.416 e. The summed E-state index contributed by atoms with van der Waals surface area (Å²) in [7, 11) is 0. The van der Waals surface area contributed by atoms with Gasteiger partial charge in [-0.25, -0.2) is 4.79 Å². The van der Waals surface area contributed by atoms with Crippen LogP contribution in [0.1, 0.15) is 47.3 Å². The Balaban J connectivity index is 1.50. The molecule has 3 aromatic rings. The molecule has 0 spiro atoms. The van der Waals surface area contributed by atoms with E-state index < -0.39 is 17.7 Å². The summed E-state index contributed by atoms with van der Waals surface area (Å²) in [5.74, 6) is 0.236. The largest absolute Gasteiger partial charge is 0.423 e. The highest BCUT2D eigenvalue weighted by Crippen LogP contribution is 2.32. The molecule has 1 aliphatic rings. The molecule has 1 heterocycles. The molecule has 4 nitrogen and oxygen atoms in total. The highest BCUT2D eigenvalue weighted by molar-refractivity contribution is 5.98. The SMILES string of the molecule is CC(C)CC(=O)N1CCc2cc(OC(=O)c3ccccc3-c3ccc(C(F)(F)F)cc3)ccc2C1. The molecule has 0 aromatic heterocycles. The summed E-state index contributed by atoms with van der Waals surface area (Å²) in [5, 5.41) is 0. The first-order valence-electron chi connectivity index (χ1n) is 11.5. The molecule has 7 heteroatoms. The van der Waals surface area contributed by atoms with E-state index in [1.54, 1.807) is 30.3 Å². The molecular formula is C28H26F3NO3. The zero-order chi connectivity index (χ0) is 25.2. The summed E-state index contributed by atoms with van der Waals surface area (Å²) in [6, 6.07) is 16.7. The van der Waals surface area contributed by atoms with E-state index in [0.29, 0.717) is 48.7 Å². The maximum absolute atomic E-state index is 13.0. The molecule has 0 N–H and O–H groups in total. The fraction of sp³-hybridized carbons (Fsp3) is 0.286. The van der Waals surface area contributed by atoms with Crippen LogP contribution in [-0.4, -0.2) is 23.3 Å². The van der Waals surface area contributed by atoms with Crippen molar-refractivity contribution < 1.29 is 27.5 Å². The molecule has 0 aliphatic carbocycles. The Morgan fingerprint density at radius 3 is 2.37 bits per heavy atom. The van der Waals surface area contributed by atoms with E-state index in [0.717, 1.165) is 23.3 Å². The number of benzene rings is 3. The summed E-state index contributed by atoms with van der Waals surface area (Å²) in [5.41, 5.74) is 2.54. The van der Waals surface area contributed by atoms with E-state index in [4.69, 9.17) is 4.74 Å². The Labute approximate surface area is 202 Å². The monoisotopic (exact) mass is 481 g/mol. The van der Waals surface area contributed by atoms with Crippen molar-refractivity contribution in [3.8, 4) is 16.9 Å². The van der Waals surface area contributed by atoms with Gasteiger partial charge in [-0.2, -0.15) is 13.2 Å². The minimum Gasteiger partial charge on any atom is -0.423 e. The van der Waals surface area contributed by atoms with Crippen molar-refractivity contribution in [1.82, 2.24) is 4.90 Å². The van der Waals surface area contributed by atoms with Crippen molar-refractivity contribution >= 4 is 11.9 Å². The van der Waals surface area contributed by atoms with Crippen LogP contribution in [0.5, 0.6) is 5.75 Å². The Bertz CT molecular complexity index is 1230. The molecular weight excluding hydrogens is 455 g/mol. The predicted molar refractivity (Wildman–Crippen MR) is 127 cm³/mol. The first kappa shape index (κ1) is 24.5. The van der Waals surface area contributed by atoms with E-state index in [2.05, 4.69) is 0 Å². The Hall–Kier alpha value is -3.61. The molecule has 0 saturated carbocycles. The number of hydrogen-bond acceptors (Lipinski definition) is 3. The van der Waals surface area contributed by atoms with Gasteiger partial charge in [0.05, 0.1) is 11.1 Å². The molecule has 0 radical (unpaired) electrons. The second kappa shape index (κ2) is 9.94. The summed E-state index contributed by atoms with van der Waals surface area (Å²) in [6.07, 6.45) is -3.24. The normalized spacial score (nSPS) is 13.5. The first-order valence-corrected chi connectivity index (χ1v) is 11.5.